The minimum atomic E-state index is -0.377. The topological polar surface area (TPSA) is 98.1 Å². The molecule has 0 saturated heterocycles. The van der Waals surface area contributed by atoms with Crippen LogP contribution in [0.15, 0.2) is 54.9 Å². The number of fused-ring (bicyclic) bond motifs is 1. The molecule has 0 spiro atoms. The van der Waals surface area contributed by atoms with Gasteiger partial charge >= 0.3 is 0 Å². The maximum absolute atomic E-state index is 12.9. The van der Waals surface area contributed by atoms with Crippen LogP contribution in [0.5, 0.6) is 5.75 Å². The first-order valence-electron chi connectivity index (χ1n) is 8.56. The number of ether oxygens (including phenoxy) is 1. The number of carbonyl (C=O) groups excluding carboxylic acids is 2. The summed E-state index contributed by atoms with van der Waals surface area (Å²) in [6.07, 6.45) is 1.61. The second kappa shape index (κ2) is 7.47. The highest BCUT2D eigenvalue weighted by atomic mass is 19.1. The predicted molar refractivity (Wildman–Crippen MR) is 98.4 cm³/mol. The van der Waals surface area contributed by atoms with Gasteiger partial charge in [-0.25, -0.2) is 9.07 Å². The van der Waals surface area contributed by atoms with Crippen molar-refractivity contribution in [3.8, 4) is 5.75 Å². The smallest absolute Gasteiger partial charge is 0.262 e. The molecule has 0 aliphatic carbocycles. The fraction of sp³-hybridized carbons (Fsp3) is 0.158. The van der Waals surface area contributed by atoms with Crippen LogP contribution in [0.4, 0.5) is 16.0 Å². The van der Waals surface area contributed by atoms with Gasteiger partial charge in [0, 0.05) is 5.69 Å². The number of hydrogen-bond acceptors (Lipinski definition) is 5. The molecule has 142 valence electrons. The average molecular weight is 381 g/mol. The van der Waals surface area contributed by atoms with Gasteiger partial charge in [0.25, 0.3) is 5.91 Å². The standard InChI is InChI=1S/C19H16FN5O3/c20-13-4-6-14(7-5-13)23-18(27)10-28-15-3-1-2-12(8-15)16-9-17(26)24-19-21-11-22-25(16)19/h1-8,11,16H,9-10H2,(H,23,27)(H,21,22,24,26)/t16-/m1/s1. The van der Waals surface area contributed by atoms with Crippen LogP contribution in [0.1, 0.15) is 18.0 Å². The summed E-state index contributed by atoms with van der Waals surface area (Å²) in [4.78, 5) is 27.9. The molecule has 2 N–H and O–H groups in total. The van der Waals surface area contributed by atoms with E-state index in [9.17, 15) is 14.0 Å². The van der Waals surface area contributed by atoms with Crippen molar-refractivity contribution in [1.82, 2.24) is 14.8 Å². The number of nitrogens with one attached hydrogen (secondary N) is 2. The van der Waals surface area contributed by atoms with E-state index in [-0.39, 0.29) is 36.7 Å². The third-order valence-electron chi connectivity index (χ3n) is 4.24. The summed E-state index contributed by atoms with van der Waals surface area (Å²) in [6.45, 7) is -0.208. The molecule has 0 radical (unpaired) electrons. The van der Waals surface area contributed by atoms with Crippen molar-refractivity contribution < 1.29 is 18.7 Å². The van der Waals surface area contributed by atoms with Gasteiger partial charge < -0.3 is 10.1 Å². The van der Waals surface area contributed by atoms with Crippen LogP contribution in [0, 0.1) is 5.82 Å². The molecule has 1 aromatic heterocycles. The normalized spacial score (nSPS) is 15.5. The molecule has 4 rings (SSSR count). The Morgan fingerprint density at radius 1 is 1.29 bits per heavy atom. The first-order valence-corrected chi connectivity index (χ1v) is 8.56. The van der Waals surface area contributed by atoms with Crippen molar-refractivity contribution in [2.24, 2.45) is 0 Å². The van der Waals surface area contributed by atoms with Crippen LogP contribution in [0.2, 0.25) is 0 Å². The molecule has 0 saturated carbocycles. The molecule has 3 aromatic rings. The Balaban J connectivity index is 1.42. The summed E-state index contributed by atoms with van der Waals surface area (Å²) in [5.74, 6) is -0.00763. The fourth-order valence-corrected chi connectivity index (χ4v) is 2.96. The molecule has 0 fully saturated rings. The third kappa shape index (κ3) is 3.83. The lowest BCUT2D eigenvalue weighted by Crippen LogP contribution is -2.29. The van der Waals surface area contributed by atoms with E-state index < -0.39 is 0 Å². The van der Waals surface area contributed by atoms with Crippen molar-refractivity contribution in [3.63, 3.8) is 0 Å². The largest absolute Gasteiger partial charge is 0.484 e. The lowest BCUT2D eigenvalue weighted by molar-refractivity contribution is -0.118. The highest BCUT2D eigenvalue weighted by molar-refractivity contribution is 5.92. The maximum Gasteiger partial charge on any atom is 0.262 e. The van der Waals surface area contributed by atoms with Crippen LogP contribution in [-0.4, -0.2) is 33.2 Å². The first kappa shape index (κ1) is 17.7. The van der Waals surface area contributed by atoms with E-state index in [0.29, 0.717) is 17.4 Å². The molecule has 1 atom stereocenters. The molecule has 2 heterocycles. The number of nitrogens with zero attached hydrogens (tertiary/aromatic N) is 3. The molecule has 2 amide bonds. The lowest BCUT2D eigenvalue weighted by atomic mass is 10.0. The molecule has 0 bridgehead atoms. The predicted octanol–water partition coefficient (Wildman–Crippen LogP) is 2.37. The van der Waals surface area contributed by atoms with Crippen LogP contribution >= 0.6 is 0 Å². The summed E-state index contributed by atoms with van der Waals surface area (Å²) in [6, 6.07) is 12.3. The highest BCUT2D eigenvalue weighted by Crippen LogP contribution is 2.30. The Bertz CT molecular complexity index is 1020. The molecule has 1 aliphatic heterocycles. The van der Waals surface area contributed by atoms with Gasteiger partial charge in [0.05, 0.1) is 12.5 Å². The number of rotatable bonds is 5. The van der Waals surface area contributed by atoms with E-state index >= 15 is 0 Å². The van der Waals surface area contributed by atoms with Gasteiger partial charge in [0.15, 0.2) is 6.61 Å². The molecule has 8 nitrogen and oxygen atoms in total. The summed E-state index contributed by atoms with van der Waals surface area (Å²) in [5.41, 5.74) is 1.30. The first-order chi connectivity index (χ1) is 13.6. The Morgan fingerprint density at radius 2 is 2.11 bits per heavy atom. The van der Waals surface area contributed by atoms with Gasteiger partial charge in [-0.2, -0.15) is 10.1 Å². The average Bonchev–Trinajstić information content (AvgIpc) is 3.16. The quantitative estimate of drug-likeness (QED) is 0.707. The summed E-state index contributed by atoms with van der Waals surface area (Å²) < 4.78 is 20.1. The maximum atomic E-state index is 12.9. The van der Waals surface area contributed by atoms with Crippen molar-refractivity contribution in [2.45, 2.75) is 12.5 Å². The van der Waals surface area contributed by atoms with E-state index in [4.69, 9.17) is 4.74 Å². The SMILES string of the molecule is O=C(COc1cccc([C@H]2CC(=O)Nc3ncnn32)c1)Nc1ccc(F)cc1. The highest BCUT2D eigenvalue weighted by Gasteiger charge is 2.27. The minimum Gasteiger partial charge on any atom is -0.484 e. The Kier molecular flexibility index (Phi) is 4.71. The lowest BCUT2D eigenvalue weighted by Gasteiger charge is -2.24. The monoisotopic (exact) mass is 381 g/mol. The molecule has 9 heteroatoms. The molecular weight excluding hydrogens is 365 g/mol. The van der Waals surface area contributed by atoms with Gasteiger partial charge in [-0.05, 0) is 42.0 Å². The molecule has 2 aromatic carbocycles. The molecule has 28 heavy (non-hydrogen) atoms. The summed E-state index contributed by atoms with van der Waals surface area (Å²) >= 11 is 0. The van der Waals surface area contributed by atoms with Crippen molar-refractivity contribution >= 4 is 23.5 Å². The Labute approximate surface area is 159 Å². The van der Waals surface area contributed by atoms with Crippen LogP contribution in [0.25, 0.3) is 0 Å². The van der Waals surface area contributed by atoms with E-state index in [0.717, 1.165) is 5.56 Å². The van der Waals surface area contributed by atoms with Crippen molar-refractivity contribution in [2.75, 3.05) is 17.2 Å². The van der Waals surface area contributed by atoms with E-state index in [1.807, 2.05) is 6.07 Å². The molecular formula is C19H16FN5O3. The van der Waals surface area contributed by atoms with E-state index in [1.165, 1.54) is 30.6 Å². The summed E-state index contributed by atoms with van der Waals surface area (Å²) in [5, 5.41) is 9.46. The van der Waals surface area contributed by atoms with Crippen LogP contribution in [0.3, 0.4) is 0 Å². The molecule has 1 aliphatic rings. The Hall–Kier alpha value is -3.75. The zero-order valence-corrected chi connectivity index (χ0v) is 14.6. The van der Waals surface area contributed by atoms with Crippen molar-refractivity contribution in [1.29, 1.82) is 0 Å². The number of halogens is 1. The van der Waals surface area contributed by atoms with E-state index in [2.05, 4.69) is 20.7 Å². The number of amides is 2. The van der Waals surface area contributed by atoms with Crippen LogP contribution < -0.4 is 15.4 Å². The second-order valence-electron chi connectivity index (χ2n) is 6.21. The number of anilines is 2. The fourth-order valence-electron chi connectivity index (χ4n) is 2.96. The van der Waals surface area contributed by atoms with E-state index in [1.54, 1.807) is 22.9 Å². The van der Waals surface area contributed by atoms with Gasteiger partial charge in [0.2, 0.25) is 11.9 Å². The number of aromatic nitrogens is 3. The van der Waals surface area contributed by atoms with Crippen molar-refractivity contribution in [3.05, 3.63) is 66.2 Å². The number of hydrogen-bond donors (Lipinski definition) is 2. The minimum absolute atomic E-state index is 0.143. The second-order valence-corrected chi connectivity index (χ2v) is 6.21. The zero-order chi connectivity index (χ0) is 19.5. The third-order valence-corrected chi connectivity index (χ3v) is 4.24. The Morgan fingerprint density at radius 3 is 2.93 bits per heavy atom. The number of benzene rings is 2. The zero-order valence-electron chi connectivity index (χ0n) is 14.6. The van der Waals surface area contributed by atoms with Gasteiger partial charge in [-0.1, -0.05) is 12.1 Å². The molecule has 0 unspecified atom stereocenters. The summed E-state index contributed by atoms with van der Waals surface area (Å²) in [7, 11) is 0. The van der Waals surface area contributed by atoms with Gasteiger partial charge in [0.1, 0.15) is 17.9 Å². The van der Waals surface area contributed by atoms with Gasteiger partial charge in [-0.3, -0.25) is 14.9 Å². The van der Waals surface area contributed by atoms with Crippen LogP contribution in [-0.2, 0) is 9.59 Å². The van der Waals surface area contributed by atoms with Gasteiger partial charge in [-0.15, -0.1) is 0 Å². The number of carbonyl (C=O) groups is 2.